The van der Waals surface area contributed by atoms with Crippen molar-refractivity contribution in [2.45, 2.75) is 6.92 Å². The molecule has 0 rings (SSSR count). The van der Waals surface area contributed by atoms with Crippen LogP contribution in [0.4, 0.5) is 0 Å². The second-order valence-electron chi connectivity index (χ2n) is 5.32. The summed E-state index contributed by atoms with van der Waals surface area (Å²) in [7, 11) is 0. The van der Waals surface area contributed by atoms with Crippen LogP contribution in [0.25, 0.3) is 0 Å². The first-order valence-corrected chi connectivity index (χ1v) is 10.6. The van der Waals surface area contributed by atoms with Gasteiger partial charge in [-0.05, 0) is 0 Å². The van der Waals surface area contributed by atoms with E-state index in [1.807, 2.05) is 0 Å². The van der Waals surface area contributed by atoms with Gasteiger partial charge in [-0.25, -0.2) is 0 Å². The van der Waals surface area contributed by atoms with Gasteiger partial charge in [0.05, 0.1) is 92.5 Å². The van der Waals surface area contributed by atoms with Crippen molar-refractivity contribution in [1.82, 2.24) is 0 Å². The van der Waals surface area contributed by atoms with Gasteiger partial charge in [0.25, 0.3) is 0 Å². The highest BCUT2D eigenvalue weighted by Gasteiger charge is 1.95. The van der Waals surface area contributed by atoms with E-state index in [1.54, 1.807) is 0 Å². The first kappa shape index (κ1) is 27.7. The lowest BCUT2D eigenvalue weighted by molar-refractivity contribution is -0.142. The molecule has 0 spiro atoms. The third-order valence-electron chi connectivity index (χ3n) is 2.99. The van der Waals surface area contributed by atoms with Gasteiger partial charge in [0.1, 0.15) is 6.61 Å². The van der Waals surface area contributed by atoms with Crippen molar-refractivity contribution in [2.75, 3.05) is 104 Å². The van der Waals surface area contributed by atoms with Crippen molar-refractivity contribution >= 4 is 21.9 Å². The van der Waals surface area contributed by atoms with Crippen molar-refractivity contribution in [1.29, 1.82) is 0 Å². The highest BCUT2D eigenvalue weighted by Crippen LogP contribution is 1.86. The standard InChI is InChI=1S/C18H35BrO9/c1-18(20)28-17-16-27-15-14-26-13-12-25-11-10-24-9-8-23-7-6-22-5-4-21-3-2-19/h2-17H2,1H3. The maximum atomic E-state index is 10.5. The van der Waals surface area contributed by atoms with Gasteiger partial charge >= 0.3 is 5.97 Å². The second kappa shape index (κ2) is 24.7. The third-order valence-corrected chi connectivity index (χ3v) is 3.31. The van der Waals surface area contributed by atoms with Crippen LogP contribution in [0, 0.1) is 0 Å². The molecule has 9 nitrogen and oxygen atoms in total. The number of ether oxygens (including phenoxy) is 8. The molecule has 28 heavy (non-hydrogen) atoms. The molecule has 0 unspecified atom stereocenters. The monoisotopic (exact) mass is 474 g/mol. The minimum absolute atomic E-state index is 0.268. The van der Waals surface area contributed by atoms with Crippen molar-refractivity contribution < 1.29 is 42.7 Å². The molecule has 0 aliphatic carbocycles. The van der Waals surface area contributed by atoms with E-state index < -0.39 is 0 Å². The number of hydrogen-bond acceptors (Lipinski definition) is 9. The summed E-state index contributed by atoms with van der Waals surface area (Å²) in [5, 5.41) is 0.839. The van der Waals surface area contributed by atoms with Crippen LogP contribution < -0.4 is 0 Å². The highest BCUT2D eigenvalue weighted by molar-refractivity contribution is 9.09. The van der Waals surface area contributed by atoms with Crippen molar-refractivity contribution in [2.24, 2.45) is 0 Å². The van der Waals surface area contributed by atoms with Gasteiger partial charge in [-0.1, -0.05) is 15.9 Å². The summed E-state index contributed by atoms with van der Waals surface area (Å²) < 4.78 is 42.1. The van der Waals surface area contributed by atoms with Crippen molar-refractivity contribution in [3.63, 3.8) is 0 Å². The number of carbonyl (C=O) groups is 1. The van der Waals surface area contributed by atoms with E-state index in [0.717, 1.165) is 5.33 Å². The summed E-state index contributed by atoms with van der Waals surface area (Å²) in [4.78, 5) is 10.5. The van der Waals surface area contributed by atoms with Crippen LogP contribution in [0.3, 0.4) is 0 Å². The summed E-state index contributed by atoms with van der Waals surface area (Å²) in [5.74, 6) is -0.304. The van der Waals surface area contributed by atoms with Gasteiger partial charge in [-0.2, -0.15) is 0 Å². The topological polar surface area (TPSA) is 90.9 Å². The number of carbonyl (C=O) groups excluding carboxylic acids is 1. The van der Waals surface area contributed by atoms with E-state index in [-0.39, 0.29) is 12.6 Å². The van der Waals surface area contributed by atoms with E-state index in [0.29, 0.717) is 92.5 Å². The van der Waals surface area contributed by atoms with Crippen LogP contribution >= 0.6 is 15.9 Å². The molecule has 0 N–H and O–H groups in total. The summed E-state index contributed by atoms with van der Waals surface area (Å²) in [6, 6.07) is 0. The maximum Gasteiger partial charge on any atom is 0.302 e. The molecular formula is C18H35BrO9. The van der Waals surface area contributed by atoms with Crippen LogP contribution in [0.5, 0.6) is 0 Å². The van der Waals surface area contributed by atoms with Crippen molar-refractivity contribution in [3.8, 4) is 0 Å². The molecule has 0 bridgehead atoms. The second-order valence-corrected chi connectivity index (χ2v) is 6.11. The Morgan fingerprint density at radius 1 is 0.500 bits per heavy atom. The van der Waals surface area contributed by atoms with Gasteiger partial charge in [0.2, 0.25) is 0 Å². The summed E-state index contributed by atoms with van der Waals surface area (Å²) in [6.07, 6.45) is 0. The molecule has 168 valence electrons. The molecule has 0 atom stereocenters. The van der Waals surface area contributed by atoms with Crippen LogP contribution in [0.2, 0.25) is 0 Å². The fraction of sp³-hybridized carbons (Fsp3) is 0.944. The summed E-state index contributed by atoms with van der Waals surface area (Å²) in [5.41, 5.74) is 0. The van der Waals surface area contributed by atoms with E-state index in [2.05, 4.69) is 15.9 Å². The van der Waals surface area contributed by atoms with Crippen LogP contribution in [-0.2, 0) is 42.7 Å². The van der Waals surface area contributed by atoms with E-state index in [9.17, 15) is 4.79 Å². The zero-order chi connectivity index (χ0) is 20.5. The Labute approximate surface area is 176 Å². The third kappa shape index (κ3) is 25.7. The molecule has 0 heterocycles. The quantitative estimate of drug-likeness (QED) is 0.122. The minimum atomic E-state index is -0.304. The minimum Gasteiger partial charge on any atom is -0.463 e. The van der Waals surface area contributed by atoms with E-state index >= 15 is 0 Å². The zero-order valence-corrected chi connectivity index (χ0v) is 18.5. The van der Waals surface area contributed by atoms with Gasteiger partial charge in [0, 0.05) is 12.3 Å². The molecule has 0 aromatic carbocycles. The first-order valence-electron chi connectivity index (χ1n) is 9.51. The molecule has 0 aromatic heterocycles. The molecule has 0 fully saturated rings. The molecule has 0 amide bonds. The first-order chi connectivity index (χ1) is 13.8. The lowest BCUT2D eigenvalue weighted by Gasteiger charge is -2.08. The largest absolute Gasteiger partial charge is 0.463 e. The molecular weight excluding hydrogens is 440 g/mol. The average Bonchev–Trinajstić information content (AvgIpc) is 2.68. The Morgan fingerprint density at radius 3 is 1.00 bits per heavy atom. The van der Waals surface area contributed by atoms with Gasteiger partial charge in [-0.15, -0.1) is 0 Å². The summed E-state index contributed by atoms with van der Waals surface area (Å²) in [6.45, 7) is 9.02. The molecule has 0 radical (unpaired) electrons. The van der Waals surface area contributed by atoms with Gasteiger partial charge < -0.3 is 37.9 Å². The Morgan fingerprint density at radius 2 is 0.750 bits per heavy atom. The van der Waals surface area contributed by atoms with Crippen LogP contribution in [-0.4, -0.2) is 110 Å². The normalized spacial score (nSPS) is 11.1. The highest BCUT2D eigenvalue weighted by atomic mass is 79.9. The Kier molecular flexibility index (Phi) is 24.4. The number of hydrogen-bond donors (Lipinski definition) is 0. The smallest absolute Gasteiger partial charge is 0.302 e. The number of rotatable bonds is 23. The Hall–Kier alpha value is -0.330. The van der Waals surface area contributed by atoms with E-state index in [1.165, 1.54) is 6.92 Å². The van der Waals surface area contributed by atoms with Crippen molar-refractivity contribution in [3.05, 3.63) is 0 Å². The number of halogens is 1. The average molecular weight is 475 g/mol. The molecule has 0 aliphatic heterocycles. The van der Waals surface area contributed by atoms with Gasteiger partial charge in [-0.3, -0.25) is 4.79 Å². The summed E-state index contributed by atoms with van der Waals surface area (Å²) >= 11 is 3.29. The predicted octanol–water partition coefficient (Wildman–Crippen LogP) is 1.06. The molecule has 0 aliphatic rings. The fourth-order valence-electron chi connectivity index (χ4n) is 1.72. The number of alkyl halides is 1. The molecule has 0 aromatic rings. The Bertz CT molecular complexity index is 321. The fourth-order valence-corrected chi connectivity index (χ4v) is 1.95. The molecule has 0 saturated carbocycles. The SMILES string of the molecule is CC(=O)OCCOCCOCCOCCOCCOCCOCCOCCBr. The van der Waals surface area contributed by atoms with Gasteiger partial charge in [0.15, 0.2) is 0 Å². The number of esters is 1. The van der Waals surface area contributed by atoms with E-state index in [4.69, 9.17) is 37.9 Å². The predicted molar refractivity (Wildman–Crippen MR) is 106 cm³/mol. The molecule has 10 heteroatoms. The Balaban J connectivity index is 2.99. The lowest BCUT2D eigenvalue weighted by atomic mass is 10.6. The molecule has 0 saturated heterocycles. The lowest BCUT2D eigenvalue weighted by Crippen LogP contribution is -2.15. The zero-order valence-electron chi connectivity index (χ0n) is 16.9. The van der Waals surface area contributed by atoms with Crippen LogP contribution in [0.15, 0.2) is 0 Å². The van der Waals surface area contributed by atoms with Crippen LogP contribution in [0.1, 0.15) is 6.92 Å². The maximum absolute atomic E-state index is 10.5.